The van der Waals surface area contributed by atoms with Gasteiger partial charge in [-0.2, -0.15) is 23.9 Å². The molecule has 1 fully saturated rings. The number of carboxylic acids is 1. The van der Waals surface area contributed by atoms with E-state index >= 15 is 0 Å². The predicted molar refractivity (Wildman–Crippen MR) is 59.1 cm³/mol. The van der Waals surface area contributed by atoms with E-state index in [9.17, 15) is 13.2 Å². The standard InChI is InChI=1S/C9H9N3O.C2HF3O2/c10-4-7-3-8(6-11-5-7)9-1-2-13-12-9;3-2(4,5)1(6)7/h3,5-6,9,12H,1-2H2;(H,6,7)/t9-;/m0./s1. The van der Waals surface area contributed by atoms with Gasteiger partial charge >= 0.3 is 12.1 Å². The summed E-state index contributed by atoms with van der Waals surface area (Å²) in [6.45, 7) is 0.710. The number of aliphatic carboxylic acids is 1. The number of carboxylic acid groups (broad SMARTS) is 1. The molecule has 1 atom stereocenters. The summed E-state index contributed by atoms with van der Waals surface area (Å²) in [5.74, 6) is -2.76. The van der Waals surface area contributed by atoms with E-state index in [-0.39, 0.29) is 6.04 Å². The summed E-state index contributed by atoms with van der Waals surface area (Å²) >= 11 is 0. The summed E-state index contributed by atoms with van der Waals surface area (Å²) < 4.78 is 31.7. The van der Waals surface area contributed by atoms with Crippen LogP contribution >= 0.6 is 0 Å². The molecule has 2 heterocycles. The molecule has 6 nitrogen and oxygen atoms in total. The van der Waals surface area contributed by atoms with E-state index in [2.05, 4.69) is 16.5 Å². The normalized spacial score (nSPS) is 17.8. The fraction of sp³-hybridized carbons (Fsp3) is 0.364. The van der Waals surface area contributed by atoms with Crippen LogP contribution in [0, 0.1) is 11.3 Å². The van der Waals surface area contributed by atoms with Crippen molar-refractivity contribution in [2.75, 3.05) is 6.61 Å². The molecular formula is C11H10F3N3O3. The van der Waals surface area contributed by atoms with Gasteiger partial charge in [0, 0.05) is 12.4 Å². The van der Waals surface area contributed by atoms with Gasteiger partial charge in [-0.05, 0) is 18.1 Å². The first-order valence-electron chi connectivity index (χ1n) is 5.37. The molecule has 1 aromatic rings. The van der Waals surface area contributed by atoms with E-state index in [0.29, 0.717) is 12.2 Å². The number of rotatable bonds is 1. The number of halogens is 3. The Morgan fingerprint density at radius 3 is 2.65 bits per heavy atom. The van der Waals surface area contributed by atoms with Crippen molar-refractivity contribution in [3.05, 3.63) is 29.6 Å². The average molecular weight is 289 g/mol. The van der Waals surface area contributed by atoms with E-state index in [4.69, 9.17) is 20.0 Å². The molecule has 0 aromatic carbocycles. The number of nitrogens with one attached hydrogen (secondary N) is 1. The molecule has 2 rings (SSSR count). The minimum Gasteiger partial charge on any atom is -0.475 e. The predicted octanol–water partition coefficient (Wildman–Crippen LogP) is 1.55. The monoisotopic (exact) mass is 289 g/mol. The van der Waals surface area contributed by atoms with Gasteiger partial charge in [-0.25, -0.2) is 4.79 Å². The number of aromatic nitrogens is 1. The third kappa shape index (κ3) is 4.83. The van der Waals surface area contributed by atoms with Crippen LogP contribution in [0.5, 0.6) is 0 Å². The van der Waals surface area contributed by atoms with Crippen LogP contribution in [0.4, 0.5) is 13.2 Å². The molecule has 1 aliphatic heterocycles. The molecule has 20 heavy (non-hydrogen) atoms. The fourth-order valence-electron chi connectivity index (χ4n) is 1.34. The number of hydrogen-bond donors (Lipinski definition) is 2. The van der Waals surface area contributed by atoms with Crippen molar-refractivity contribution in [1.29, 1.82) is 5.26 Å². The van der Waals surface area contributed by atoms with Crippen molar-refractivity contribution >= 4 is 5.97 Å². The number of pyridine rings is 1. The minimum atomic E-state index is -5.08. The lowest BCUT2D eigenvalue weighted by Gasteiger charge is -2.07. The molecule has 0 amide bonds. The van der Waals surface area contributed by atoms with Gasteiger partial charge in [-0.1, -0.05) is 0 Å². The first-order chi connectivity index (χ1) is 9.34. The molecule has 1 saturated heterocycles. The zero-order valence-electron chi connectivity index (χ0n) is 10.0. The Bertz CT molecular complexity index is 508. The van der Waals surface area contributed by atoms with Gasteiger partial charge in [0.25, 0.3) is 0 Å². The highest BCUT2D eigenvalue weighted by molar-refractivity contribution is 5.73. The zero-order chi connectivity index (χ0) is 15.2. The maximum Gasteiger partial charge on any atom is 0.490 e. The molecule has 0 spiro atoms. The number of nitrogens with zero attached hydrogens (tertiary/aromatic N) is 2. The smallest absolute Gasteiger partial charge is 0.475 e. The minimum absolute atomic E-state index is 0.181. The summed E-state index contributed by atoms with van der Waals surface area (Å²) in [7, 11) is 0. The Labute approximate surface area is 111 Å². The van der Waals surface area contributed by atoms with Crippen molar-refractivity contribution in [2.45, 2.75) is 18.6 Å². The number of carbonyl (C=O) groups is 1. The Morgan fingerprint density at radius 2 is 2.20 bits per heavy atom. The van der Waals surface area contributed by atoms with Crippen LogP contribution in [0.1, 0.15) is 23.6 Å². The molecule has 0 aliphatic carbocycles. The highest BCUT2D eigenvalue weighted by Crippen LogP contribution is 2.20. The third-order valence-corrected chi connectivity index (χ3v) is 2.27. The van der Waals surface area contributed by atoms with E-state index in [1.165, 1.54) is 0 Å². The Morgan fingerprint density at radius 1 is 1.55 bits per heavy atom. The molecule has 9 heteroatoms. The summed E-state index contributed by atoms with van der Waals surface area (Å²) in [6.07, 6.45) is -0.844. The van der Waals surface area contributed by atoms with Gasteiger partial charge in [0.05, 0.1) is 18.2 Å². The molecule has 2 N–H and O–H groups in total. The van der Waals surface area contributed by atoms with Crippen molar-refractivity contribution in [1.82, 2.24) is 10.5 Å². The second kappa shape index (κ2) is 6.83. The Hall–Kier alpha value is -2.18. The third-order valence-electron chi connectivity index (χ3n) is 2.27. The number of hydroxylamine groups is 1. The Balaban J connectivity index is 0.000000246. The molecule has 0 radical (unpaired) electrons. The average Bonchev–Trinajstić information content (AvgIpc) is 2.92. The maximum absolute atomic E-state index is 10.6. The summed E-state index contributed by atoms with van der Waals surface area (Å²) in [6, 6.07) is 4.07. The van der Waals surface area contributed by atoms with Crippen LogP contribution in [0.25, 0.3) is 0 Å². The van der Waals surface area contributed by atoms with Crippen LogP contribution in [0.15, 0.2) is 18.5 Å². The van der Waals surface area contributed by atoms with Crippen LogP contribution < -0.4 is 5.48 Å². The molecule has 0 bridgehead atoms. The number of nitriles is 1. The topological polar surface area (TPSA) is 95.2 Å². The fourth-order valence-corrected chi connectivity index (χ4v) is 1.34. The Kier molecular flexibility index (Phi) is 5.42. The molecule has 0 saturated carbocycles. The first-order valence-corrected chi connectivity index (χ1v) is 5.37. The SMILES string of the molecule is N#Cc1cncc([C@@H]2CCON2)c1.O=C(O)C(F)(F)F. The van der Waals surface area contributed by atoms with Gasteiger partial charge in [0.1, 0.15) is 6.07 Å². The van der Waals surface area contributed by atoms with Gasteiger partial charge < -0.3 is 9.94 Å². The lowest BCUT2D eigenvalue weighted by molar-refractivity contribution is -0.192. The summed E-state index contributed by atoms with van der Waals surface area (Å²) in [5, 5.41) is 15.8. The number of hydrogen-bond acceptors (Lipinski definition) is 5. The van der Waals surface area contributed by atoms with Crippen LogP contribution in [0.2, 0.25) is 0 Å². The molecular weight excluding hydrogens is 279 g/mol. The van der Waals surface area contributed by atoms with Crippen molar-refractivity contribution in [3.63, 3.8) is 0 Å². The summed E-state index contributed by atoms with van der Waals surface area (Å²) in [5.41, 5.74) is 4.47. The molecule has 0 unspecified atom stereocenters. The van der Waals surface area contributed by atoms with E-state index < -0.39 is 12.1 Å². The molecule has 1 aromatic heterocycles. The summed E-state index contributed by atoms with van der Waals surface area (Å²) in [4.78, 5) is 17.9. The van der Waals surface area contributed by atoms with E-state index in [1.807, 2.05) is 6.07 Å². The van der Waals surface area contributed by atoms with Crippen LogP contribution in [-0.2, 0) is 9.63 Å². The first kappa shape index (κ1) is 15.9. The van der Waals surface area contributed by atoms with Gasteiger partial charge in [0.2, 0.25) is 0 Å². The van der Waals surface area contributed by atoms with E-state index in [0.717, 1.165) is 12.0 Å². The van der Waals surface area contributed by atoms with Crippen LogP contribution in [0.3, 0.4) is 0 Å². The lowest BCUT2D eigenvalue weighted by Crippen LogP contribution is -2.21. The zero-order valence-corrected chi connectivity index (χ0v) is 10.0. The van der Waals surface area contributed by atoms with Crippen molar-refractivity contribution in [3.8, 4) is 6.07 Å². The van der Waals surface area contributed by atoms with Gasteiger partial charge in [0.15, 0.2) is 0 Å². The van der Waals surface area contributed by atoms with Crippen molar-refractivity contribution in [2.24, 2.45) is 0 Å². The van der Waals surface area contributed by atoms with E-state index in [1.54, 1.807) is 12.4 Å². The number of alkyl halides is 3. The van der Waals surface area contributed by atoms with Gasteiger partial charge in [-0.3, -0.25) is 4.98 Å². The maximum atomic E-state index is 10.6. The van der Waals surface area contributed by atoms with Crippen molar-refractivity contribution < 1.29 is 27.9 Å². The highest BCUT2D eigenvalue weighted by Gasteiger charge is 2.38. The molecule has 108 valence electrons. The largest absolute Gasteiger partial charge is 0.490 e. The van der Waals surface area contributed by atoms with Crippen LogP contribution in [-0.4, -0.2) is 28.8 Å². The second-order valence-corrected chi connectivity index (χ2v) is 3.73. The van der Waals surface area contributed by atoms with Gasteiger partial charge in [-0.15, -0.1) is 0 Å². The quantitative estimate of drug-likeness (QED) is 0.814. The lowest BCUT2D eigenvalue weighted by atomic mass is 10.1. The highest BCUT2D eigenvalue weighted by atomic mass is 19.4. The second-order valence-electron chi connectivity index (χ2n) is 3.73. The molecule has 1 aliphatic rings.